The Kier molecular flexibility index (Phi) is 4.62. The molecule has 0 fully saturated rings. The topological polar surface area (TPSA) is 23.8 Å². The van der Waals surface area contributed by atoms with Gasteiger partial charge in [0.25, 0.3) is 0 Å². The van der Waals surface area contributed by atoms with Crippen LogP contribution in [0.1, 0.15) is 5.56 Å². The molecule has 0 saturated heterocycles. The van der Waals surface area contributed by atoms with Gasteiger partial charge in [-0.3, -0.25) is 0 Å². The van der Waals surface area contributed by atoms with Gasteiger partial charge in [-0.05, 0) is 12.1 Å². The van der Waals surface area contributed by atoms with Crippen LogP contribution < -0.4 is 0 Å². The third kappa shape index (κ3) is 4.06. The average Bonchev–Trinajstić information content (AvgIpc) is 2.33. The van der Waals surface area contributed by atoms with Gasteiger partial charge in [-0.1, -0.05) is 48.5 Å². The van der Waals surface area contributed by atoms with Crippen LogP contribution in [0.4, 0.5) is 4.39 Å². The molecule has 0 spiro atoms. The molecule has 2 aromatic carbocycles. The minimum Gasteiger partial charge on any atom is -0.206 e. The van der Waals surface area contributed by atoms with Crippen molar-refractivity contribution in [2.75, 3.05) is 0 Å². The van der Waals surface area contributed by atoms with Crippen LogP contribution in [0.3, 0.4) is 0 Å². The summed E-state index contributed by atoms with van der Waals surface area (Å²) in [4.78, 5) is 0. The minimum absolute atomic E-state index is 0.0949. The molecule has 0 aromatic heterocycles. The second kappa shape index (κ2) is 6.33. The normalized spacial score (nSPS) is 8.27. The summed E-state index contributed by atoms with van der Waals surface area (Å²) in [6.45, 7) is 0. The molecule has 0 aliphatic carbocycles. The Hall–Kier alpha value is -2.14. The molecule has 2 heteroatoms. The largest absolute Gasteiger partial charge is 0.206 e. The Morgan fingerprint density at radius 2 is 1.27 bits per heavy atom. The van der Waals surface area contributed by atoms with E-state index < -0.39 is 5.82 Å². The molecule has 74 valence electrons. The van der Waals surface area contributed by atoms with E-state index in [1.807, 2.05) is 36.4 Å². The smallest absolute Gasteiger partial charge is 0.140 e. The number of nitrogens with zero attached hydrogens (tertiary/aromatic N) is 1. The first-order chi connectivity index (χ1) is 7.34. The second-order valence-electron chi connectivity index (χ2n) is 2.75. The number of nitriles is 1. The van der Waals surface area contributed by atoms with Crippen molar-refractivity contribution in [1.82, 2.24) is 0 Å². The van der Waals surface area contributed by atoms with Crippen LogP contribution in [-0.2, 0) is 0 Å². The first-order valence-corrected chi connectivity index (χ1v) is 4.49. The number of halogens is 1. The van der Waals surface area contributed by atoms with Crippen LogP contribution in [0, 0.1) is 17.1 Å². The Balaban J connectivity index is 0.000000162. The van der Waals surface area contributed by atoms with Crippen LogP contribution >= 0.6 is 0 Å². The van der Waals surface area contributed by atoms with Gasteiger partial charge in [0.2, 0.25) is 0 Å². The molecule has 0 aliphatic heterocycles. The highest BCUT2D eigenvalue weighted by Crippen LogP contribution is 2.02. The van der Waals surface area contributed by atoms with Gasteiger partial charge < -0.3 is 0 Å². The van der Waals surface area contributed by atoms with Crippen molar-refractivity contribution in [3.05, 3.63) is 72.0 Å². The zero-order valence-corrected chi connectivity index (χ0v) is 8.10. The van der Waals surface area contributed by atoms with E-state index in [1.54, 1.807) is 18.2 Å². The fourth-order valence-corrected chi connectivity index (χ4v) is 0.937. The average molecular weight is 199 g/mol. The van der Waals surface area contributed by atoms with Gasteiger partial charge in [0.15, 0.2) is 0 Å². The Labute approximate surface area is 88.4 Å². The number of hydrogen-bond acceptors (Lipinski definition) is 1. The van der Waals surface area contributed by atoms with E-state index in [0.717, 1.165) is 0 Å². The standard InChI is InChI=1S/C7H4FN.C6H6/c8-7-4-2-1-3-6(7)5-9;1-2-4-6-5-3-1/h1-4H;1-6H. The summed E-state index contributed by atoms with van der Waals surface area (Å²) < 4.78 is 12.4. The zero-order chi connectivity index (χ0) is 10.9. The van der Waals surface area contributed by atoms with Crippen molar-refractivity contribution in [1.29, 1.82) is 5.26 Å². The van der Waals surface area contributed by atoms with Gasteiger partial charge in [-0.2, -0.15) is 5.26 Å². The highest BCUT2D eigenvalue weighted by atomic mass is 19.1. The number of hydrogen-bond donors (Lipinski definition) is 0. The minimum atomic E-state index is -0.458. The zero-order valence-electron chi connectivity index (χ0n) is 8.10. The van der Waals surface area contributed by atoms with Crippen LogP contribution in [0.25, 0.3) is 0 Å². The van der Waals surface area contributed by atoms with E-state index in [9.17, 15) is 4.39 Å². The predicted octanol–water partition coefficient (Wildman–Crippen LogP) is 3.38. The van der Waals surface area contributed by atoms with Crippen LogP contribution in [0.5, 0.6) is 0 Å². The molecule has 0 amide bonds. The molecular weight excluding hydrogens is 189 g/mol. The van der Waals surface area contributed by atoms with Crippen molar-refractivity contribution in [3.63, 3.8) is 0 Å². The fourth-order valence-electron chi connectivity index (χ4n) is 0.937. The van der Waals surface area contributed by atoms with E-state index in [4.69, 9.17) is 5.26 Å². The second-order valence-corrected chi connectivity index (χ2v) is 2.75. The summed E-state index contributed by atoms with van der Waals surface area (Å²) in [6.07, 6.45) is 0. The van der Waals surface area contributed by atoms with Crippen molar-refractivity contribution in [3.8, 4) is 6.07 Å². The molecule has 2 aromatic rings. The van der Waals surface area contributed by atoms with Crippen molar-refractivity contribution < 1.29 is 4.39 Å². The fraction of sp³-hybridized carbons (Fsp3) is 0. The predicted molar refractivity (Wildman–Crippen MR) is 57.6 cm³/mol. The maximum Gasteiger partial charge on any atom is 0.140 e. The number of benzene rings is 2. The van der Waals surface area contributed by atoms with Crippen molar-refractivity contribution in [2.24, 2.45) is 0 Å². The molecule has 15 heavy (non-hydrogen) atoms. The Morgan fingerprint density at radius 3 is 1.60 bits per heavy atom. The Morgan fingerprint density at radius 1 is 0.800 bits per heavy atom. The lowest BCUT2D eigenvalue weighted by molar-refractivity contribution is 0.624. The maximum atomic E-state index is 12.4. The molecule has 0 unspecified atom stereocenters. The summed E-state index contributed by atoms with van der Waals surface area (Å²) in [5, 5.41) is 8.23. The monoisotopic (exact) mass is 199 g/mol. The van der Waals surface area contributed by atoms with Crippen LogP contribution in [0.2, 0.25) is 0 Å². The van der Waals surface area contributed by atoms with Crippen molar-refractivity contribution in [2.45, 2.75) is 0 Å². The first-order valence-electron chi connectivity index (χ1n) is 4.49. The maximum absolute atomic E-state index is 12.4. The SMILES string of the molecule is N#Cc1ccccc1F.c1ccccc1. The van der Waals surface area contributed by atoms with E-state index >= 15 is 0 Å². The van der Waals surface area contributed by atoms with E-state index in [0.29, 0.717) is 0 Å². The highest BCUT2D eigenvalue weighted by molar-refractivity contribution is 5.29. The summed E-state index contributed by atoms with van der Waals surface area (Å²) in [6, 6.07) is 19.6. The van der Waals surface area contributed by atoms with E-state index in [2.05, 4.69) is 0 Å². The molecule has 0 heterocycles. The molecule has 2 rings (SSSR count). The molecule has 0 N–H and O–H groups in total. The van der Waals surface area contributed by atoms with Gasteiger partial charge >= 0.3 is 0 Å². The Bertz CT molecular complexity index is 405. The molecule has 0 bridgehead atoms. The lowest BCUT2D eigenvalue weighted by atomic mass is 10.2. The molecule has 0 saturated carbocycles. The molecule has 0 aliphatic rings. The van der Waals surface area contributed by atoms with Gasteiger partial charge in [-0.25, -0.2) is 4.39 Å². The highest BCUT2D eigenvalue weighted by Gasteiger charge is 1.94. The summed E-state index contributed by atoms with van der Waals surface area (Å²) in [5.74, 6) is -0.458. The molecule has 0 atom stereocenters. The van der Waals surface area contributed by atoms with Crippen LogP contribution in [0.15, 0.2) is 60.7 Å². The first kappa shape index (κ1) is 10.9. The molecule has 0 radical (unpaired) electrons. The lowest BCUT2D eigenvalue weighted by Gasteiger charge is -1.86. The third-order valence-electron chi connectivity index (χ3n) is 1.66. The summed E-state index contributed by atoms with van der Waals surface area (Å²) >= 11 is 0. The summed E-state index contributed by atoms with van der Waals surface area (Å²) in [5.41, 5.74) is 0.0949. The summed E-state index contributed by atoms with van der Waals surface area (Å²) in [7, 11) is 0. The van der Waals surface area contributed by atoms with Gasteiger partial charge in [-0.15, -0.1) is 0 Å². The van der Waals surface area contributed by atoms with Gasteiger partial charge in [0.05, 0.1) is 5.56 Å². The van der Waals surface area contributed by atoms with Gasteiger partial charge in [0, 0.05) is 0 Å². The quantitative estimate of drug-likeness (QED) is 0.638. The van der Waals surface area contributed by atoms with Crippen LogP contribution in [-0.4, -0.2) is 0 Å². The van der Waals surface area contributed by atoms with Crippen molar-refractivity contribution >= 4 is 0 Å². The lowest BCUT2D eigenvalue weighted by Crippen LogP contribution is -1.78. The number of rotatable bonds is 0. The molecule has 1 nitrogen and oxygen atoms in total. The van der Waals surface area contributed by atoms with Gasteiger partial charge in [0.1, 0.15) is 11.9 Å². The van der Waals surface area contributed by atoms with E-state index in [1.165, 1.54) is 12.1 Å². The van der Waals surface area contributed by atoms with E-state index in [-0.39, 0.29) is 5.56 Å². The third-order valence-corrected chi connectivity index (χ3v) is 1.66. The molecular formula is C13H10FN.